The molecule has 104 valence electrons. The summed E-state index contributed by atoms with van der Waals surface area (Å²) in [5, 5.41) is 4.64. The van der Waals surface area contributed by atoms with Crippen LogP contribution in [-0.4, -0.2) is 18.8 Å². The molecule has 1 aliphatic heterocycles. The number of anilines is 1. The number of nitrogens with zero attached hydrogens (tertiary/aromatic N) is 1. The van der Waals surface area contributed by atoms with Gasteiger partial charge in [0.05, 0.1) is 17.9 Å². The van der Waals surface area contributed by atoms with Gasteiger partial charge in [-0.05, 0) is 40.6 Å². The first-order valence-electron chi connectivity index (χ1n) is 6.00. The lowest BCUT2D eigenvalue weighted by atomic mass is 10.2. The first-order chi connectivity index (χ1) is 9.70. The fourth-order valence-electron chi connectivity index (χ4n) is 2.17. The zero-order valence-electron chi connectivity index (χ0n) is 10.7. The van der Waals surface area contributed by atoms with Crippen LogP contribution >= 0.6 is 34.7 Å². The average molecular weight is 326 g/mol. The Balaban J connectivity index is 1.98. The van der Waals surface area contributed by atoms with Crippen molar-refractivity contribution in [3.8, 4) is 5.75 Å². The molecule has 6 heteroatoms. The van der Waals surface area contributed by atoms with Crippen LogP contribution in [-0.2, 0) is 4.79 Å². The van der Waals surface area contributed by atoms with Gasteiger partial charge < -0.3 is 4.74 Å². The number of halogens is 1. The lowest BCUT2D eigenvalue weighted by Crippen LogP contribution is -2.27. The molecule has 0 radical (unpaired) electrons. The molecule has 1 unspecified atom stereocenters. The number of benzene rings is 1. The normalized spacial score (nSPS) is 18.6. The van der Waals surface area contributed by atoms with Crippen molar-refractivity contribution in [3.63, 3.8) is 0 Å². The van der Waals surface area contributed by atoms with E-state index in [1.54, 1.807) is 47.2 Å². The second kappa shape index (κ2) is 5.68. The minimum atomic E-state index is 0.0261. The van der Waals surface area contributed by atoms with Gasteiger partial charge in [-0.1, -0.05) is 11.6 Å². The number of thioether (sulfide) groups is 1. The smallest absolute Gasteiger partial charge is 0.238 e. The SMILES string of the molecule is COc1ccc(N2C(=O)CSC2c2ccsc2)cc1Cl. The van der Waals surface area contributed by atoms with Gasteiger partial charge >= 0.3 is 0 Å². The van der Waals surface area contributed by atoms with Crippen molar-refractivity contribution in [1.82, 2.24) is 0 Å². The summed E-state index contributed by atoms with van der Waals surface area (Å²) in [4.78, 5) is 14.0. The Morgan fingerprint density at radius 3 is 2.90 bits per heavy atom. The van der Waals surface area contributed by atoms with Crippen LogP contribution < -0.4 is 9.64 Å². The monoisotopic (exact) mass is 325 g/mol. The minimum Gasteiger partial charge on any atom is -0.495 e. The van der Waals surface area contributed by atoms with Crippen LogP contribution in [0, 0.1) is 0 Å². The topological polar surface area (TPSA) is 29.5 Å². The zero-order valence-corrected chi connectivity index (χ0v) is 13.1. The van der Waals surface area contributed by atoms with Gasteiger partial charge in [0.1, 0.15) is 11.1 Å². The number of carbonyl (C=O) groups excluding carboxylic acids is 1. The maximum absolute atomic E-state index is 12.2. The molecule has 0 spiro atoms. The maximum Gasteiger partial charge on any atom is 0.238 e. The van der Waals surface area contributed by atoms with E-state index in [2.05, 4.69) is 11.4 Å². The fraction of sp³-hybridized carbons (Fsp3) is 0.214. The molecule has 2 aromatic rings. The summed E-state index contributed by atoms with van der Waals surface area (Å²) < 4.78 is 5.15. The highest BCUT2D eigenvalue weighted by molar-refractivity contribution is 8.00. The van der Waals surface area contributed by atoms with E-state index >= 15 is 0 Å². The van der Waals surface area contributed by atoms with Crippen LogP contribution in [0.3, 0.4) is 0 Å². The third kappa shape index (κ3) is 2.41. The largest absolute Gasteiger partial charge is 0.495 e. The molecule has 1 saturated heterocycles. The standard InChI is InChI=1S/C14H12ClNO2S2/c1-18-12-3-2-10(6-11(12)15)16-13(17)8-20-14(16)9-4-5-19-7-9/h2-7,14H,8H2,1H3. The van der Waals surface area contributed by atoms with E-state index in [1.807, 2.05) is 11.4 Å². The van der Waals surface area contributed by atoms with E-state index in [4.69, 9.17) is 16.3 Å². The van der Waals surface area contributed by atoms with Gasteiger partial charge in [0.2, 0.25) is 5.91 Å². The van der Waals surface area contributed by atoms with E-state index in [-0.39, 0.29) is 11.3 Å². The zero-order chi connectivity index (χ0) is 14.1. The second-order valence-corrected chi connectivity index (χ2v) is 6.56. The Morgan fingerprint density at radius 2 is 2.25 bits per heavy atom. The van der Waals surface area contributed by atoms with Crippen LogP contribution in [0.2, 0.25) is 5.02 Å². The van der Waals surface area contributed by atoms with Crippen LogP contribution in [0.1, 0.15) is 10.9 Å². The average Bonchev–Trinajstić information content (AvgIpc) is 3.07. The summed E-state index contributed by atoms with van der Waals surface area (Å²) >= 11 is 9.43. The van der Waals surface area contributed by atoms with Gasteiger partial charge in [-0.3, -0.25) is 9.69 Å². The highest BCUT2D eigenvalue weighted by atomic mass is 35.5. The molecule has 3 nitrogen and oxygen atoms in total. The number of ether oxygens (including phenoxy) is 1. The molecule has 3 rings (SSSR count). The number of hydrogen-bond donors (Lipinski definition) is 0. The molecule has 1 aromatic carbocycles. The Labute approximate surface area is 130 Å². The predicted molar refractivity (Wildman–Crippen MR) is 85.0 cm³/mol. The van der Waals surface area contributed by atoms with E-state index in [0.717, 1.165) is 11.3 Å². The number of methoxy groups -OCH3 is 1. The fourth-order valence-corrected chi connectivity index (χ4v) is 4.35. The van der Waals surface area contributed by atoms with Gasteiger partial charge in [-0.15, -0.1) is 11.8 Å². The van der Waals surface area contributed by atoms with Gasteiger partial charge in [-0.2, -0.15) is 11.3 Å². The van der Waals surface area contributed by atoms with Crippen molar-refractivity contribution in [2.45, 2.75) is 5.37 Å². The van der Waals surface area contributed by atoms with Gasteiger partial charge in [-0.25, -0.2) is 0 Å². The Bertz CT molecular complexity index is 630. The molecule has 2 heterocycles. The van der Waals surface area contributed by atoms with Gasteiger partial charge in [0, 0.05) is 5.69 Å². The van der Waals surface area contributed by atoms with Crippen molar-refractivity contribution < 1.29 is 9.53 Å². The van der Waals surface area contributed by atoms with Gasteiger partial charge in [0.25, 0.3) is 0 Å². The van der Waals surface area contributed by atoms with E-state index < -0.39 is 0 Å². The number of thiophene rings is 1. The van der Waals surface area contributed by atoms with Crippen molar-refractivity contribution >= 4 is 46.3 Å². The number of carbonyl (C=O) groups is 1. The summed E-state index contributed by atoms with van der Waals surface area (Å²) in [5.41, 5.74) is 1.96. The molecule has 1 aromatic heterocycles. The molecule has 1 fully saturated rings. The van der Waals surface area contributed by atoms with Crippen molar-refractivity contribution in [2.24, 2.45) is 0 Å². The molecule has 0 N–H and O–H groups in total. The van der Waals surface area contributed by atoms with Crippen LogP contribution in [0.15, 0.2) is 35.0 Å². The molecular formula is C14H12ClNO2S2. The molecule has 0 bridgehead atoms. The lowest BCUT2D eigenvalue weighted by Gasteiger charge is -2.24. The minimum absolute atomic E-state index is 0.0261. The third-order valence-electron chi connectivity index (χ3n) is 3.11. The Kier molecular flexibility index (Phi) is 3.92. The summed E-state index contributed by atoms with van der Waals surface area (Å²) in [7, 11) is 1.58. The van der Waals surface area contributed by atoms with Crippen LogP contribution in [0.25, 0.3) is 0 Å². The van der Waals surface area contributed by atoms with Gasteiger partial charge in [0.15, 0.2) is 0 Å². The van der Waals surface area contributed by atoms with E-state index in [1.165, 1.54) is 0 Å². The number of amides is 1. The highest BCUT2D eigenvalue weighted by Crippen LogP contribution is 2.43. The first-order valence-corrected chi connectivity index (χ1v) is 8.37. The van der Waals surface area contributed by atoms with E-state index in [0.29, 0.717) is 16.5 Å². The molecule has 1 atom stereocenters. The molecule has 0 aliphatic carbocycles. The van der Waals surface area contributed by atoms with E-state index in [9.17, 15) is 4.79 Å². The molecule has 0 saturated carbocycles. The summed E-state index contributed by atoms with van der Waals surface area (Å²) in [6.45, 7) is 0. The molecule has 20 heavy (non-hydrogen) atoms. The van der Waals surface area contributed by atoms with Crippen LogP contribution in [0.4, 0.5) is 5.69 Å². The van der Waals surface area contributed by atoms with Crippen molar-refractivity contribution in [1.29, 1.82) is 0 Å². The number of hydrogen-bond acceptors (Lipinski definition) is 4. The Hall–Kier alpha value is -1.17. The number of rotatable bonds is 3. The quantitative estimate of drug-likeness (QED) is 0.847. The van der Waals surface area contributed by atoms with Crippen molar-refractivity contribution in [3.05, 3.63) is 45.6 Å². The highest BCUT2D eigenvalue weighted by Gasteiger charge is 2.34. The van der Waals surface area contributed by atoms with Crippen molar-refractivity contribution in [2.75, 3.05) is 17.8 Å². The molecule has 1 aliphatic rings. The van der Waals surface area contributed by atoms with Crippen LogP contribution in [0.5, 0.6) is 5.75 Å². The summed E-state index contributed by atoms with van der Waals surface area (Å²) in [5.74, 6) is 1.21. The second-order valence-electron chi connectivity index (χ2n) is 4.30. The lowest BCUT2D eigenvalue weighted by molar-refractivity contribution is -0.115. The first kappa shape index (κ1) is 13.8. The maximum atomic E-state index is 12.2. The Morgan fingerprint density at radius 1 is 1.40 bits per heavy atom. The predicted octanol–water partition coefficient (Wildman–Crippen LogP) is 4.19. The summed E-state index contributed by atoms with van der Waals surface area (Å²) in [6.07, 6.45) is 0. The molecule has 1 amide bonds. The summed E-state index contributed by atoms with van der Waals surface area (Å²) in [6, 6.07) is 7.50. The molecular weight excluding hydrogens is 314 g/mol. The third-order valence-corrected chi connectivity index (χ3v) is 5.32.